The average molecular weight is 336 g/mol. The Labute approximate surface area is 139 Å². The van der Waals surface area contributed by atoms with Gasteiger partial charge in [0.1, 0.15) is 5.75 Å². The topological polar surface area (TPSA) is 38.3 Å². The van der Waals surface area contributed by atoms with Gasteiger partial charge in [0.05, 0.1) is 17.2 Å². The van der Waals surface area contributed by atoms with Crippen LogP contribution in [-0.2, 0) is 11.3 Å². The first-order chi connectivity index (χ1) is 10.6. The molecule has 5 heteroatoms. The zero-order valence-electron chi connectivity index (χ0n) is 12.0. The van der Waals surface area contributed by atoms with Gasteiger partial charge in [-0.3, -0.25) is 4.79 Å². The third-order valence-electron chi connectivity index (χ3n) is 3.02. The summed E-state index contributed by atoms with van der Waals surface area (Å²) < 4.78 is 5.08. The van der Waals surface area contributed by atoms with Gasteiger partial charge < -0.3 is 10.1 Å². The number of amides is 1. The highest BCUT2D eigenvalue weighted by Gasteiger charge is 2.02. The predicted octanol–water partition coefficient (Wildman–Crippen LogP) is 4.33. The number of methoxy groups -OCH3 is 1. The van der Waals surface area contributed by atoms with Crippen LogP contribution < -0.4 is 10.1 Å². The molecule has 0 saturated carbocycles. The smallest absolute Gasteiger partial charge is 0.244 e. The van der Waals surface area contributed by atoms with E-state index in [1.165, 1.54) is 6.08 Å². The number of halogens is 2. The van der Waals surface area contributed by atoms with E-state index in [1.54, 1.807) is 31.4 Å². The Balaban J connectivity index is 1.92. The third kappa shape index (κ3) is 4.52. The van der Waals surface area contributed by atoms with E-state index in [0.717, 1.165) is 11.3 Å². The number of rotatable bonds is 5. The van der Waals surface area contributed by atoms with Crippen molar-refractivity contribution in [2.75, 3.05) is 7.11 Å². The van der Waals surface area contributed by atoms with Gasteiger partial charge in [-0.05, 0) is 35.4 Å². The Morgan fingerprint density at radius 1 is 1.18 bits per heavy atom. The van der Waals surface area contributed by atoms with Gasteiger partial charge in [0.25, 0.3) is 0 Å². The number of hydrogen-bond donors (Lipinski definition) is 1. The largest absolute Gasteiger partial charge is 0.497 e. The monoisotopic (exact) mass is 335 g/mol. The summed E-state index contributed by atoms with van der Waals surface area (Å²) in [6.07, 6.45) is 3.07. The van der Waals surface area contributed by atoms with E-state index in [-0.39, 0.29) is 5.91 Å². The van der Waals surface area contributed by atoms with Crippen LogP contribution in [0.1, 0.15) is 11.1 Å². The number of carbonyl (C=O) groups excluding carboxylic acids is 1. The molecule has 3 nitrogen and oxygen atoms in total. The van der Waals surface area contributed by atoms with Crippen LogP contribution in [0.2, 0.25) is 10.0 Å². The molecule has 0 aliphatic rings. The lowest BCUT2D eigenvalue weighted by atomic mass is 10.2. The van der Waals surface area contributed by atoms with Crippen molar-refractivity contribution in [3.05, 3.63) is 69.7 Å². The van der Waals surface area contributed by atoms with Gasteiger partial charge in [0, 0.05) is 12.6 Å². The van der Waals surface area contributed by atoms with E-state index in [1.807, 2.05) is 24.3 Å². The molecule has 0 aliphatic carbocycles. The Kier molecular flexibility index (Phi) is 5.87. The van der Waals surface area contributed by atoms with Crippen molar-refractivity contribution in [3.63, 3.8) is 0 Å². The summed E-state index contributed by atoms with van der Waals surface area (Å²) in [5.41, 5.74) is 1.69. The van der Waals surface area contributed by atoms with Crippen molar-refractivity contribution in [1.82, 2.24) is 5.32 Å². The van der Waals surface area contributed by atoms with E-state index in [2.05, 4.69) is 5.32 Å². The second-order valence-electron chi connectivity index (χ2n) is 4.54. The van der Waals surface area contributed by atoms with Gasteiger partial charge in [-0.2, -0.15) is 0 Å². The van der Waals surface area contributed by atoms with Crippen LogP contribution in [0.3, 0.4) is 0 Å². The fourth-order valence-electron chi connectivity index (χ4n) is 1.81. The quantitative estimate of drug-likeness (QED) is 0.826. The first-order valence-corrected chi connectivity index (χ1v) is 7.38. The van der Waals surface area contributed by atoms with Gasteiger partial charge >= 0.3 is 0 Å². The predicted molar refractivity (Wildman–Crippen MR) is 90.3 cm³/mol. The lowest BCUT2D eigenvalue weighted by Crippen LogP contribution is -2.20. The van der Waals surface area contributed by atoms with E-state index in [9.17, 15) is 4.79 Å². The summed E-state index contributed by atoms with van der Waals surface area (Å²) in [6, 6.07) is 12.8. The molecule has 0 radical (unpaired) electrons. The third-order valence-corrected chi connectivity index (χ3v) is 3.86. The minimum absolute atomic E-state index is 0.202. The van der Waals surface area contributed by atoms with Gasteiger partial charge in [0.15, 0.2) is 0 Å². The maximum atomic E-state index is 11.8. The molecular formula is C17H15Cl2NO2. The van der Waals surface area contributed by atoms with Crippen molar-refractivity contribution >= 4 is 35.2 Å². The number of hydrogen-bond acceptors (Lipinski definition) is 2. The van der Waals surface area contributed by atoms with Gasteiger partial charge in [-0.25, -0.2) is 0 Å². The molecule has 0 spiro atoms. The van der Waals surface area contributed by atoms with Gasteiger partial charge in [-0.15, -0.1) is 0 Å². The molecule has 0 aromatic heterocycles. The molecule has 0 bridgehead atoms. The normalized spacial score (nSPS) is 10.7. The Hall–Kier alpha value is -1.97. The van der Waals surface area contributed by atoms with Crippen molar-refractivity contribution in [2.45, 2.75) is 6.54 Å². The number of benzene rings is 2. The number of nitrogens with one attached hydrogen (secondary N) is 1. The van der Waals surface area contributed by atoms with E-state index in [4.69, 9.17) is 27.9 Å². The molecule has 2 rings (SSSR count). The highest BCUT2D eigenvalue weighted by molar-refractivity contribution is 6.42. The lowest BCUT2D eigenvalue weighted by Gasteiger charge is -2.04. The van der Waals surface area contributed by atoms with Crippen LogP contribution in [0.25, 0.3) is 6.08 Å². The van der Waals surface area contributed by atoms with Crippen molar-refractivity contribution in [1.29, 1.82) is 0 Å². The van der Waals surface area contributed by atoms with Gasteiger partial charge in [-0.1, -0.05) is 47.5 Å². The molecule has 1 N–H and O–H groups in total. The first-order valence-electron chi connectivity index (χ1n) is 6.63. The standard InChI is InChI=1S/C17H15Cl2NO2/c1-22-14-8-5-12(6-9-14)11-20-16(21)10-7-13-3-2-4-15(18)17(13)19/h2-10H,11H2,1H3,(H,20,21)/b10-7+. The van der Waals surface area contributed by atoms with Crippen LogP contribution in [0.5, 0.6) is 5.75 Å². The van der Waals surface area contributed by atoms with E-state index in [0.29, 0.717) is 22.2 Å². The molecule has 1 amide bonds. The molecule has 0 aliphatic heterocycles. The molecule has 22 heavy (non-hydrogen) atoms. The summed E-state index contributed by atoms with van der Waals surface area (Å²) >= 11 is 12.0. The Morgan fingerprint density at radius 2 is 1.91 bits per heavy atom. The molecule has 2 aromatic rings. The van der Waals surface area contributed by atoms with E-state index < -0.39 is 0 Å². The van der Waals surface area contributed by atoms with Crippen LogP contribution in [0.15, 0.2) is 48.5 Å². The zero-order chi connectivity index (χ0) is 15.9. The molecule has 114 valence electrons. The maximum Gasteiger partial charge on any atom is 0.244 e. The lowest BCUT2D eigenvalue weighted by molar-refractivity contribution is -0.116. The fraction of sp³-hybridized carbons (Fsp3) is 0.118. The highest BCUT2D eigenvalue weighted by atomic mass is 35.5. The van der Waals surface area contributed by atoms with Crippen LogP contribution >= 0.6 is 23.2 Å². The van der Waals surface area contributed by atoms with Gasteiger partial charge in [0.2, 0.25) is 5.91 Å². The molecule has 0 heterocycles. The van der Waals surface area contributed by atoms with Crippen LogP contribution in [0, 0.1) is 0 Å². The second kappa shape index (κ2) is 7.87. The number of ether oxygens (including phenoxy) is 1. The minimum atomic E-state index is -0.202. The summed E-state index contributed by atoms with van der Waals surface area (Å²) in [4.78, 5) is 11.8. The Morgan fingerprint density at radius 3 is 2.59 bits per heavy atom. The molecule has 0 unspecified atom stereocenters. The summed E-state index contributed by atoms with van der Waals surface area (Å²) in [7, 11) is 1.61. The van der Waals surface area contributed by atoms with Crippen molar-refractivity contribution in [3.8, 4) is 5.75 Å². The molecule has 0 fully saturated rings. The maximum absolute atomic E-state index is 11.8. The minimum Gasteiger partial charge on any atom is -0.497 e. The highest BCUT2D eigenvalue weighted by Crippen LogP contribution is 2.26. The van der Waals surface area contributed by atoms with Crippen LogP contribution in [-0.4, -0.2) is 13.0 Å². The van der Waals surface area contributed by atoms with Crippen molar-refractivity contribution < 1.29 is 9.53 Å². The molecule has 0 saturated heterocycles. The summed E-state index contributed by atoms with van der Waals surface area (Å²) in [5, 5.41) is 3.69. The first kappa shape index (κ1) is 16.4. The molecule has 0 atom stereocenters. The molecular weight excluding hydrogens is 321 g/mol. The van der Waals surface area contributed by atoms with Crippen LogP contribution in [0.4, 0.5) is 0 Å². The average Bonchev–Trinajstić information content (AvgIpc) is 2.54. The SMILES string of the molecule is COc1ccc(CNC(=O)/C=C/c2cccc(Cl)c2Cl)cc1. The second-order valence-corrected chi connectivity index (χ2v) is 5.33. The summed E-state index contributed by atoms with van der Waals surface area (Å²) in [5.74, 6) is 0.581. The van der Waals surface area contributed by atoms with Crippen molar-refractivity contribution in [2.24, 2.45) is 0 Å². The van der Waals surface area contributed by atoms with E-state index >= 15 is 0 Å². The number of carbonyl (C=O) groups is 1. The fourth-order valence-corrected chi connectivity index (χ4v) is 2.18. The Bertz CT molecular complexity index is 682. The zero-order valence-corrected chi connectivity index (χ0v) is 13.5. The molecule has 2 aromatic carbocycles. The summed E-state index contributed by atoms with van der Waals surface area (Å²) in [6.45, 7) is 0.441.